The SMILES string of the molecule is CCOC(=O)C(Cc1ccccc1)NC(=O)C(C)SCc1nc2sc(C)c(C)c2c(=O)[nH]1. The Balaban J connectivity index is 1.65. The Morgan fingerprint density at radius 3 is 2.66 bits per heavy atom. The fourth-order valence-electron chi connectivity index (χ4n) is 3.22. The lowest BCUT2D eigenvalue weighted by Crippen LogP contribution is -2.46. The average Bonchev–Trinajstić information content (AvgIpc) is 3.06. The number of thiophene rings is 1. The molecule has 7 nitrogen and oxygen atoms in total. The van der Waals surface area contributed by atoms with Gasteiger partial charge in [0.2, 0.25) is 5.91 Å². The number of aryl methyl sites for hydroxylation is 2. The van der Waals surface area contributed by atoms with Crippen LogP contribution >= 0.6 is 23.1 Å². The van der Waals surface area contributed by atoms with Gasteiger partial charge in [0.25, 0.3) is 5.56 Å². The fourth-order valence-corrected chi connectivity index (χ4v) is 5.04. The number of nitrogens with one attached hydrogen (secondary N) is 2. The molecule has 9 heteroatoms. The van der Waals surface area contributed by atoms with Gasteiger partial charge in [-0.15, -0.1) is 23.1 Å². The number of hydrogen-bond donors (Lipinski definition) is 2. The van der Waals surface area contributed by atoms with Crippen LogP contribution < -0.4 is 10.9 Å². The molecule has 3 aromatic rings. The highest BCUT2D eigenvalue weighted by Crippen LogP contribution is 2.26. The largest absolute Gasteiger partial charge is 0.464 e. The first kappa shape index (κ1) is 24.0. The van der Waals surface area contributed by atoms with Gasteiger partial charge in [0.05, 0.1) is 23.0 Å². The number of nitrogens with zero attached hydrogens (tertiary/aromatic N) is 1. The number of amides is 1. The summed E-state index contributed by atoms with van der Waals surface area (Å²) in [6.07, 6.45) is 0.353. The molecule has 0 aliphatic carbocycles. The van der Waals surface area contributed by atoms with Crippen molar-refractivity contribution in [3.05, 3.63) is 62.5 Å². The van der Waals surface area contributed by atoms with Crippen LogP contribution in [0.5, 0.6) is 0 Å². The van der Waals surface area contributed by atoms with E-state index in [-0.39, 0.29) is 18.1 Å². The molecule has 1 aromatic carbocycles. The van der Waals surface area contributed by atoms with Gasteiger partial charge in [-0.25, -0.2) is 9.78 Å². The van der Waals surface area contributed by atoms with E-state index >= 15 is 0 Å². The average molecular weight is 474 g/mol. The zero-order chi connectivity index (χ0) is 23.3. The normalized spacial score (nSPS) is 13.0. The molecule has 0 spiro atoms. The maximum absolute atomic E-state index is 12.8. The second-order valence-corrected chi connectivity index (χ2v) is 9.96. The van der Waals surface area contributed by atoms with Crippen LogP contribution in [-0.2, 0) is 26.5 Å². The van der Waals surface area contributed by atoms with E-state index in [4.69, 9.17) is 4.74 Å². The highest BCUT2D eigenvalue weighted by molar-refractivity contribution is 7.99. The molecular formula is C23H27N3O4S2. The minimum absolute atomic E-state index is 0.158. The Bertz CT molecular complexity index is 1160. The van der Waals surface area contributed by atoms with E-state index in [0.717, 1.165) is 16.0 Å². The maximum Gasteiger partial charge on any atom is 0.328 e. The number of fused-ring (bicyclic) bond motifs is 1. The molecule has 0 aliphatic rings. The van der Waals surface area contributed by atoms with E-state index in [1.807, 2.05) is 44.2 Å². The summed E-state index contributed by atoms with van der Waals surface area (Å²) in [4.78, 5) is 46.7. The van der Waals surface area contributed by atoms with E-state index in [1.165, 1.54) is 23.1 Å². The highest BCUT2D eigenvalue weighted by Gasteiger charge is 2.25. The van der Waals surface area contributed by atoms with Gasteiger partial charge in [0.1, 0.15) is 16.7 Å². The number of rotatable bonds is 9. The molecule has 1 amide bonds. The van der Waals surface area contributed by atoms with Gasteiger partial charge in [0, 0.05) is 11.3 Å². The quantitative estimate of drug-likeness (QED) is 0.461. The Labute approximate surface area is 195 Å². The van der Waals surface area contributed by atoms with Crippen molar-refractivity contribution in [1.82, 2.24) is 15.3 Å². The molecule has 0 fully saturated rings. The molecule has 0 saturated carbocycles. The van der Waals surface area contributed by atoms with Crippen LogP contribution in [0.25, 0.3) is 10.2 Å². The number of aromatic amines is 1. The summed E-state index contributed by atoms with van der Waals surface area (Å²) in [5.41, 5.74) is 1.73. The molecule has 2 unspecified atom stereocenters. The molecule has 2 N–H and O–H groups in total. The van der Waals surface area contributed by atoms with Crippen molar-refractivity contribution >= 4 is 45.2 Å². The smallest absolute Gasteiger partial charge is 0.328 e. The molecule has 32 heavy (non-hydrogen) atoms. The van der Waals surface area contributed by atoms with Gasteiger partial charge in [-0.05, 0) is 38.8 Å². The van der Waals surface area contributed by atoms with E-state index in [0.29, 0.717) is 28.2 Å². The first-order chi connectivity index (χ1) is 15.3. The lowest BCUT2D eigenvalue weighted by Gasteiger charge is -2.19. The predicted molar refractivity (Wildman–Crippen MR) is 129 cm³/mol. The van der Waals surface area contributed by atoms with Gasteiger partial charge in [0.15, 0.2) is 0 Å². The first-order valence-electron chi connectivity index (χ1n) is 10.4. The van der Waals surface area contributed by atoms with E-state index in [1.54, 1.807) is 13.8 Å². The zero-order valence-corrected chi connectivity index (χ0v) is 20.2. The summed E-state index contributed by atoms with van der Waals surface area (Å²) in [5, 5.41) is 2.99. The third-order valence-corrected chi connectivity index (χ3v) is 7.35. The molecule has 2 heterocycles. The van der Waals surface area contributed by atoms with Gasteiger partial charge >= 0.3 is 5.97 Å². The minimum atomic E-state index is -0.765. The zero-order valence-electron chi connectivity index (χ0n) is 18.6. The standard InChI is InChI=1S/C23H27N3O4S2/c1-5-30-23(29)17(11-16-9-7-6-8-10-16)24-20(27)15(4)31-12-18-25-21(28)19-13(2)14(3)32-22(19)26-18/h6-10,15,17H,5,11-12H2,1-4H3,(H,24,27)(H,25,26,28). The fraction of sp³-hybridized carbons (Fsp3) is 0.391. The topological polar surface area (TPSA) is 101 Å². The third kappa shape index (κ3) is 5.77. The van der Waals surface area contributed by atoms with Crippen molar-refractivity contribution < 1.29 is 14.3 Å². The van der Waals surface area contributed by atoms with Crippen molar-refractivity contribution in [3.63, 3.8) is 0 Å². The predicted octanol–water partition coefficient (Wildman–Crippen LogP) is 3.51. The van der Waals surface area contributed by atoms with Crippen LogP contribution in [0.4, 0.5) is 0 Å². The summed E-state index contributed by atoms with van der Waals surface area (Å²) in [6, 6.07) is 8.72. The van der Waals surface area contributed by atoms with Gasteiger partial charge in [-0.2, -0.15) is 0 Å². The number of hydrogen-bond acceptors (Lipinski definition) is 7. The monoisotopic (exact) mass is 473 g/mol. The Morgan fingerprint density at radius 1 is 1.25 bits per heavy atom. The van der Waals surface area contributed by atoms with Crippen LogP contribution in [0, 0.1) is 13.8 Å². The first-order valence-corrected chi connectivity index (χ1v) is 12.3. The van der Waals surface area contributed by atoms with Crippen LogP contribution in [0.15, 0.2) is 35.1 Å². The summed E-state index contributed by atoms with van der Waals surface area (Å²) in [6.45, 7) is 7.63. The van der Waals surface area contributed by atoms with E-state index < -0.39 is 17.3 Å². The Hall–Kier alpha value is -2.65. The molecule has 170 valence electrons. The number of H-pyrrole nitrogens is 1. The summed E-state index contributed by atoms with van der Waals surface area (Å²) < 4.78 is 5.14. The Morgan fingerprint density at radius 2 is 1.97 bits per heavy atom. The number of esters is 1. The third-order valence-electron chi connectivity index (χ3n) is 5.10. The molecule has 0 radical (unpaired) electrons. The van der Waals surface area contributed by atoms with Crippen LogP contribution in [0.1, 0.15) is 35.7 Å². The van der Waals surface area contributed by atoms with Gasteiger partial charge in [-0.1, -0.05) is 30.3 Å². The van der Waals surface area contributed by atoms with Gasteiger partial charge in [-0.3, -0.25) is 9.59 Å². The second-order valence-electron chi connectivity index (χ2n) is 7.43. The van der Waals surface area contributed by atoms with Crippen molar-refractivity contribution in [2.75, 3.05) is 6.61 Å². The molecule has 0 saturated heterocycles. The van der Waals surface area contributed by atoms with Crippen molar-refractivity contribution in [2.24, 2.45) is 0 Å². The van der Waals surface area contributed by atoms with Crippen molar-refractivity contribution in [2.45, 2.75) is 51.2 Å². The Kier molecular flexibility index (Phi) is 8.09. The number of ether oxygens (including phenoxy) is 1. The number of aromatic nitrogens is 2. The molecule has 3 rings (SSSR count). The van der Waals surface area contributed by atoms with Crippen LogP contribution in [0.2, 0.25) is 0 Å². The summed E-state index contributed by atoms with van der Waals surface area (Å²) >= 11 is 2.84. The lowest BCUT2D eigenvalue weighted by molar-refractivity contribution is -0.147. The summed E-state index contributed by atoms with van der Waals surface area (Å²) in [5.74, 6) is 0.176. The number of carbonyl (C=O) groups is 2. The lowest BCUT2D eigenvalue weighted by atomic mass is 10.1. The molecule has 0 bridgehead atoms. The molecular weight excluding hydrogens is 446 g/mol. The number of thioether (sulfide) groups is 1. The molecule has 2 atom stereocenters. The van der Waals surface area contributed by atoms with Crippen LogP contribution in [-0.4, -0.2) is 39.7 Å². The van der Waals surface area contributed by atoms with Crippen molar-refractivity contribution in [3.8, 4) is 0 Å². The highest BCUT2D eigenvalue weighted by atomic mass is 32.2. The second kappa shape index (κ2) is 10.8. The van der Waals surface area contributed by atoms with Crippen LogP contribution in [0.3, 0.4) is 0 Å². The summed E-state index contributed by atoms with van der Waals surface area (Å²) in [7, 11) is 0. The number of carbonyl (C=O) groups excluding carboxylic acids is 2. The van der Waals surface area contributed by atoms with E-state index in [2.05, 4.69) is 15.3 Å². The minimum Gasteiger partial charge on any atom is -0.464 e. The van der Waals surface area contributed by atoms with E-state index in [9.17, 15) is 14.4 Å². The molecule has 0 aliphatic heterocycles. The number of benzene rings is 1. The van der Waals surface area contributed by atoms with Gasteiger partial charge < -0.3 is 15.0 Å². The van der Waals surface area contributed by atoms with Crippen molar-refractivity contribution in [1.29, 1.82) is 0 Å². The maximum atomic E-state index is 12.8. The molecule has 2 aromatic heterocycles.